The highest BCUT2D eigenvalue weighted by Gasteiger charge is 2.60. The molecular formula is C19H21BrClNO3. The summed E-state index contributed by atoms with van der Waals surface area (Å²) in [5.74, 6) is 0.504. The lowest BCUT2D eigenvalue weighted by atomic mass is 9.49. The molecular weight excluding hydrogens is 406 g/mol. The van der Waals surface area contributed by atoms with Crippen molar-refractivity contribution in [2.75, 3.05) is 11.9 Å². The van der Waals surface area contributed by atoms with E-state index >= 15 is 0 Å². The number of ether oxygens (including phenoxy) is 1. The van der Waals surface area contributed by atoms with Crippen molar-refractivity contribution in [1.29, 1.82) is 0 Å². The quantitative estimate of drug-likeness (QED) is 0.569. The Morgan fingerprint density at radius 1 is 1.16 bits per heavy atom. The van der Waals surface area contributed by atoms with Crippen molar-refractivity contribution in [1.82, 2.24) is 0 Å². The highest BCUT2D eigenvalue weighted by molar-refractivity contribution is 9.10. The normalized spacial score (nSPS) is 35.4. The first-order valence-electron chi connectivity index (χ1n) is 8.77. The van der Waals surface area contributed by atoms with E-state index < -0.39 is 5.41 Å². The van der Waals surface area contributed by atoms with Crippen LogP contribution in [0.2, 0.25) is 0 Å². The van der Waals surface area contributed by atoms with Gasteiger partial charge in [0, 0.05) is 15.0 Å². The average molecular weight is 427 g/mol. The van der Waals surface area contributed by atoms with Crippen LogP contribution in [0.25, 0.3) is 0 Å². The number of esters is 1. The van der Waals surface area contributed by atoms with E-state index in [0.717, 1.165) is 30.2 Å². The maximum absolute atomic E-state index is 12.8. The van der Waals surface area contributed by atoms with Crippen molar-refractivity contribution in [2.24, 2.45) is 17.3 Å². The number of halogens is 2. The predicted molar refractivity (Wildman–Crippen MR) is 99.4 cm³/mol. The van der Waals surface area contributed by atoms with Crippen LogP contribution in [0, 0.1) is 17.3 Å². The summed E-state index contributed by atoms with van der Waals surface area (Å²) in [6, 6.07) is 7.27. The highest BCUT2D eigenvalue weighted by atomic mass is 79.9. The van der Waals surface area contributed by atoms with Crippen LogP contribution in [0.1, 0.15) is 38.5 Å². The van der Waals surface area contributed by atoms with Crippen LogP contribution >= 0.6 is 27.5 Å². The van der Waals surface area contributed by atoms with Crippen molar-refractivity contribution in [2.45, 2.75) is 43.4 Å². The van der Waals surface area contributed by atoms with E-state index in [4.69, 9.17) is 16.3 Å². The van der Waals surface area contributed by atoms with E-state index in [1.807, 2.05) is 12.1 Å². The molecule has 6 heteroatoms. The van der Waals surface area contributed by atoms with Gasteiger partial charge in [0.05, 0.1) is 5.41 Å². The van der Waals surface area contributed by atoms with E-state index in [2.05, 4.69) is 21.2 Å². The van der Waals surface area contributed by atoms with E-state index in [9.17, 15) is 9.59 Å². The Hall–Kier alpha value is -1.07. The molecule has 25 heavy (non-hydrogen) atoms. The number of anilines is 1. The number of carbonyl (C=O) groups is 2. The highest BCUT2D eigenvalue weighted by Crippen LogP contribution is 2.64. The van der Waals surface area contributed by atoms with E-state index in [-0.39, 0.29) is 23.4 Å². The summed E-state index contributed by atoms with van der Waals surface area (Å²) in [6.45, 7) is -0.249. The topological polar surface area (TPSA) is 55.4 Å². The maximum Gasteiger partial charge on any atom is 0.312 e. The van der Waals surface area contributed by atoms with E-state index in [0.29, 0.717) is 23.9 Å². The fourth-order valence-electron chi connectivity index (χ4n) is 5.40. The Morgan fingerprint density at radius 3 is 2.40 bits per heavy atom. The van der Waals surface area contributed by atoms with Gasteiger partial charge in [-0.1, -0.05) is 15.9 Å². The minimum absolute atomic E-state index is 0.233. The molecule has 134 valence electrons. The molecule has 0 aliphatic heterocycles. The summed E-state index contributed by atoms with van der Waals surface area (Å²) >= 11 is 10.1. The molecule has 4 nitrogen and oxygen atoms in total. The second-order valence-corrected chi connectivity index (χ2v) is 9.74. The summed E-state index contributed by atoms with van der Waals surface area (Å²) in [5, 5.41) is 2.74. The van der Waals surface area contributed by atoms with Gasteiger partial charge in [0.2, 0.25) is 0 Å². The zero-order valence-electron chi connectivity index (χ0n) is 13.9. The van der Waals surface area contributed by atoms with E-state index in [1.165, 1.54) is 6.42 Å². The first-order valence-corrected chi connectivity index (χ1v) is 9.95. The molecule has 0 heterocycles. The Labute approximate surface area is 160 Å². The molecule has 4 aliphatic carbocycles. The molecule has 4 aliphatic rings. The Morgan fingerprint density at radius 2 is 1.80 bits per heavy atom. The van der Waals surface area contributed by atoms with Gasteiger partial charge in [-0.2, -0.15) is 0 Å². The van der Waals surface area contributed by atoms with Gasteiger partial charge in [0.1, 0.15) is 0 Å². The number of hydrogen-bond donors (Lipinski definition) is 1. The second-order valence-electron chi connectivity index (χ2n) is 8.02. The van der Waals surface area contributed by atoms with Gasteiger partial charge in [-0.3, -0.25) is 9.59 Å². The number of hydrogen-bond acceptors (Lipinski definition) is 3. The van der Waals surface area contributed by atoms with Crippen molar-refractivity contribution in [3.8, 4) is 0 Å². The third-order valence-corrected chi connectivity index (χ3v) is 6.86. The van der Waals surface area contributed by atoms with Gasteiger partial charge in [-0.25, -0.2) is 0 Å². The number of alkyl halides is 1. The van der Waals surface area contributed by atoms with Gasteiger partial charge < -0.3 is 10.1 Å². The van der Waals surface area contributed by atoms with Crippen LogP contribution in [-0.2, 0) is 14.3 Å². The van der Waals surface area contributed by atoms with Gasteiger partial charge in [-0.05, 0) is 74.6 Å². The lowest BCUT2D eigenvalue weighted by molar-refractivity contribution is -0.171. The van der Waals surface area contributed by atoms with Crippen LogP contribution in [0.5, 0.6) is 0 Å². The molecule has 0 unspecified atom stereocenters. The van der Waals surface area contributed by atoms with Crippen LogP contribution in [0.4, 0.5) is 5.69 Å². The van der Waals surface area contributed by atoms with Crippen LogP contribution in [-0.4, -0.2) is 23.4 Å². The fraction of sp³-hybridized carbons (Fsp3) is 0.579. The lowest BCUT2D eigenvalue weighted by Gasteiger charge is -2.58. The predicted octanol–water partition coefficient (Wildman–Crippen LogP) is 4.51. The third-order valence-electron chi connectivity index (χ3n) is 5.89. The third kappa shape index (κ3) is 3.45. The van der Waals surface area contributed by atoms with Crippen LogP contribution in [0.15, 0.2) is 28.7 Å². The van der Waals surface area contributed by atoms with Gasteiger partial charge in [0.25, 0.3) is 5.91 Å². The second kappa shape index (κ2) is 6.27. The Balaban J connectivity index is 1.36. The SMILES string of the molecule is O=C(COC(=O)C12C[C@H]3C[C@@H](CC(Cl)(C3)C1)C2)Nc1ccc(Br)cc1. The number of benzene rings is 1. The van der Waals surface area contributed by atoms with Gasteiger partial charge in [0.15, 0.2) is 6.61 Å². The molecule has 4 fully saturated rings. The largest absolute Gasteiger partial charge is 0.455 e. The molecule has 1 N–H and O–H groups in total. The first kappa shape index (κ1) is 17.3. The number of carbonyl (C=O) groups excluding carboxylic acids is 2. The zero-order valence-corrected chi connectivity index (χ0v) is 16.2. The lowest BCUT2D eigenvalue weighted by Crippen LogP contribution is -2.56. The first-order chi connectivity index (χ1) is 11.9. The molecule has 0 aromatic heterocycles. The zero-order chi connectivity index (χ0) is 17.7. The number of rotatable bonds is 4. The molecule has 4 saturated carbocycles. The summed E-state index contributed by atoms with van der Waals surface area (Å²) in [6.07, 6.45) is 5.65. The summed E-state index contributed by atoms with van der Waals surface area (Å²) in [4.78, 5) is 24.6. The van der Waals surface area contributed by atoms with Gasteiger partial charge >= 0.3 is 5.97 Å². The standard InChI is InChI=1S/C19H21BrClNO3/c20-14-1-3-15(4-2-14)22-16(23)10-25-17(24)18-6-12-5-13(7-18)9-19(21,8-12)11-18/h1-4,12-13H,5-11H2,(H,22,23)/t12-,13-,18?,19?/m1/s1. The summed E-state index contributed by atoms with van der Waals surface area (Å²) in [7, 11) is 0. The van der Waals surface area contributed by atoms with Crippen molar-refractivity contribution in [3.05, 3.63) is 28.7 Å². The molecule has 5 rings (SSSR count). The van der Waals surface area contributed by atoms with Crippen LogP contribution < -0.4 is 5.32 Å². The Bertz CT molecular complexity index is 691. The van der Waals surface area contributed by atoms with E-state index in [1.54, 1.807) is 12.1 Å². The minimum Gasteiger partial charge on any atom is -0.455 e. The smallest absolute Gasteiger partial charge is 0.312 e. The molecule has 0 saturated heterocycles. The van der Waals surface area contributed by atoms with Crippen molar-refractivity contribution in [3.63, 3.8) is 0 Å². The monoisotopic (exact) mass is 425 g/mol. The number of nitrogens with one attached hydrogen (secondary N) is 1. The summed E-state index contributed by atoms with van der Waals surface area (Å²) in [5.41, 5.74) is 0.211. The molecule has 0 spiro atoms. The molecule has 1 aromatic rings. The minimum atomic E-state index is -0.469. The van der Waals surface area contributed by atoms with Crippen molar-refractivity contribution < 1.29 is 14.3 Å². The fourth-order valence-corrected chi connectivity index (χ4v) is 6.36. The molecule has 1 amide bonds. The van der Waals surface area contributed by atoms with Crippen molar-refractivity contribution >= 4 is 45.1 Å². The molecule has 2 atom stereocenters. The van der Waals surface area contributed by atoms with Crippen LogP contribution in [0.3, 0.4) is 0 Å². The number of amides is 1. The van der Waals surface area contributed by atoms with Gasteiger partial charge in [-0.15, -0.1) is 11.6 Å². The molecule has 4 bridgehead atoms. The maximum atomic E-state index is 12.8. The average Bonchev–Trinajstić information content (AvgIpc) is 2.52. The Kier molecular flexibility index (Phi) is 4.35. The molecule has 1 aromatic carbocycles. The molecule has 0 radical (unpaired) electrons. The summed E-state index contributed by atoms with van der Waals surface area (Å²) < 4.78 is 6.35.